The fraction of sp³-hybridized carbons (Fsp3) is 0.0833. The lowest BCUT2D eigenvalue weighted by atomic mass is 10.2. The minimum Gasteiger partial charge on any atom is -0.477 e. The van der Waals surface area contributed by atoms with Crippen molar-refractivity contribution in [2.45, 2.75) is 6.18 Å². The van der Waals surface area contributed by atoms with E-state index in [4.69, 9.17) is 9.84 Å². The SMILES string of the molecule is O=C(O)c1c(F)cccc1Oc1ccc(C(F)(F)F)nn1. The zero-order valence-corrected chi connectivity index (χ0v) is 10.1. The molecular weight excluding hydrogens is 296 g/mol. The van der Waals surface area contributed by atoms with Gasteiger partial charge in [0, 0.05) is 6.07 Å². The van der Waals surface area contributed by atoms with Crippen LogP contribution < -0.4 is 4.74 Å². The number of aromatic carboxylic acids is 1. The van der Waals surface area contributed by atoms with Crippen LogP contribution in [0.1, 0.15) is 16.1 Å². The molecule has 0 aliphatic carbocycles. The van der Waals surface area contributed by atoms with Gasteiger partial charge in [0.1, 0.15) is 17.1 Å². The highest BCUT2D eigenvalue weighted by molar-refractivity contribution is 5.91. The first-order valence-electron chi connectivity index (χ1n) is 5.39. The molecule has 1 N–H and O–H groups in total. The minimum absolute atomic E-state index is 0.392. The Kier molecular flexibility index (Phi) is 3.74. The molecule has 9 heteroatoms. The van der Waals surface area contributed by atoms with Crippen molar-refractivity contribution in [2.24, 2.45) is 0 Å². The van der Waals surface area contributed by atoms with Gasteiger partial charge in [-0.2, -0.15) is 13.2 Å². The van der Waals surface area contributed by atoms with Crippen LogP contribution in [0.5, 0.6) is 11.6 Å². The Hall–Kier alpha value is -2.71. The van der Waals surface area contributed by atoms with Gasteiger partial charge in [0.15, 0.2) is 5.69 Å². The first-order chi connectivity index (χ1) is 9.79. The standard InChI is InChI=1S/C12H6F4N2O3/c13-6-2-1-3-7(10(6)11(19)20)21-9-5-4-8(17-18-9)12(14,15)16/h1-5H,(H,19,20). The van der Waals surface area contributed by atoms with Gasteiger partial charge in [-0.25, -0.2) is 9.18 Å². The maximum absolute atomic E-state index is 13.4. The normalized spacial score (nSPS) is 11.2. The molecule has 0 amide bonds. The number of nitrogens with zero attached hydrogens (tertiary/aromatic N) is 2. The minimum atomic E-state index is -4.66. The van der Waals surface area contributed by atoms with Gasteiger partial charge >= 0.3 is 12.1 Å². The molecule has 0 radical (unpaired) electrons. The van der Waals surface area contributed by atoms with Crippen molar-refractivity contribution in [1.82, 2.24) is 10.2 Å². The number of rotatable bonds is 3. The Bertz CT molecular complexity index is 671. The molecule has 0 spiro atoms. The number of carboxylic acid groups (broad SMARTS) is 1. The van der Waals surface area contributed by atoms with Crippen molar-refractivity contribution in [3.63, 3.8) is 0 Å². The van der Waals surface area contributed by atoms with Gasteiger partial charge in [0.05, 0.1) is 0 Å². The second-order valence-electron chi connectivity index (χ2n) is 3.77. The summed E-state index contributed by atoms with van der Waals surface area (Å²) in [6.07, 6.45) is -4.66. The van der Waals surface area contributed by atoms with Crippen LogP contribution in [0.2, 0.25) is 0 Å². The summed E-state index contributed by atoms with van der Waals surface area (Å²) in [5, 5.41) is 14.9. The molecular formula is C12H6F4N2O3. The van der Waals surface area contributed by atoms with Crippen LogP contribution >= 0.6 is 0 Å². The van der Waals surface area contributed by atoms with Crippen LogP contribution in [0.25, 0.3) is 0 Å². The summed E-state index contributed by atoms with van der Waals surface area (Å²) < 4.78 is 55.2. The monoisotopic (exact) mass is 302 g/mol. The first-order valence-corrected chi connectivity index (χ1v) is 5.39. The van der Waals surface area contributed by atoms with E-state index in [1.165, 1.54) is 6.07 Å². The lowest BCUT2D eigenvalue weighted by Gasteiger charge is -2.09. The predicted molar refractivity (Wildman–Crippen MR) is 60.5 cm³/mol. The molecule has 0 saturated heterocycles. The van der Waals surface area contributed by atoms with Crippen LogP contribution in [0.3, 0.4) is 0 Å². The average Bonchev–Trinajstić information content (AvgIpc) is 2.38. The molecule has 110 valence electrons. The number of hydrogen-bond acceptors (Lipinski definition) is 4. The summed E-state index contributed by atoms with van der Waals surface area (Å²) in [5.74, 6) is -3.41. The van der Waals surface area contributed by atoms with Gasteiger partial charge in [-0.15, -0.1) is 10.2 Å². The van der Waals surface area contributed by atoms with Crippen molar-refractivity contribution >= 4 is 5.97 Å². The summed E-state index contributed by atoms with van der Waals surface area (Å²) in [5.41, 5.74) is -1.98. The average molecular weight is 302 g/mol. The third kappa shape index (κ3) is 3.25. The first kappa shape index (κ1) is 14.7. The largest absolute Gasteiger partial charge is 0.477 e. The number of carboxylic acids is 1. The molecule has 1 heterocycles. The molecule has 0 fully saturated rings. The van der Waals surface area contributed by atoms with E-state index in [9.17, 15) is 22.4 Å². The van der Waals surface area contributed by atoms with Crippen LogP contribution in [0.15, 0.2) is 30.3 Å². The molecule has 0 aliphatic heterocycles. The van der Waals surface area contributed by atoms with E-state index in [0.29, 0.717) is 6.07 Å². The van der Waals surface area contributed by atoms with Crippen molar-refractivity contribution in [1.29, 1.82) is 0 Å². The molecule has 1 aromatic heterocycles. The van der Waals surface area contributed by atoms with Gasteiger partial charge < -0.3 is 9.84 Å². The Labute approximate surface area is 114 Å². The van der Waals surface area contributed by atoms with E-state index in [-0.39, 0.29) is 0 Å². The molecule has 0 atom stereocenters. The number of hydrogen-bond donors (Lipinski definition) is 1. The lowest BCUT2D eigenvalue weighted by Crippen LogP contribution is -2.09. The number of alkyl halides is 3. The summed E-state index contributed by atoms with van der Waals surface area (Å²) in [7, 11) is 0. The molecule has 1 aromatic carbocycles. The predicted octanol–water partition coefficient (Wildman–Crippen LogP) is 3.13. The van der Waals surface area contributed by atoms with Gasteiger partial charge in [-0.05, 0) is 18.2 Å². The molecule has 0 aliphatic rings. The molecule has 0 unspecified atom stereocenters. The smallest absolute Gasteiger partial charge is 0.435 e. The van der Waals surface area contributed by atoms with Gasteiger partial charge in [0.25, 0.3) is 0 Å². The highest BCUT2D eigenvalue weighted by atomic mass is 19.4. The van der Waals surface area contributed by atoms with Crippen LogP contribution in [-0.2, 0) is 6.18 Å². The van der Waals surface area contributed by atoms with Crippen LogP contribution in [0.4, 0.5) is 17.6 Å². The molecule has 2 aromatic rings. The zero-order chi connectivity index (χ0) is 15.6. The molecule has 21 heavy (non-hydrogen) atoms. The Morgan fingerprint density at radius 3 is 2.38 bits per heavy atom. The second-order valence-corrected chi connectivity index (χ2v) is 3.77. The van der Waals surface area contributed by atoms with Crippen molar-refractivity contribution in [3.8, 4) is 11.6 Å². The second kappa shape index (κ2) is 5.35. The van der Waals surface area contributed by atoms with E-state index in [1.54, 1.807) is 0 Å². The summed E-state index contributed by atoms with van der Waals surface area (Å²) >= 11 is 0. The third-order valence-electron chi connectivity index (χ3n) is 2.33. The van der Waals surface area contributed by atoms with Gasteiger partial charge in [-0.3, -0.25) is 0 Å². The lowest BCUT2D eigenvalue weighted by molar-refractivity contribution is -0.141. The maximum atomic E-state index is 13.4. The number of carbonyl (C=O) groups is 1. The van der Waals surface area contributed by atoms with Gasteiger partial charge in [-0.1, -0.05) is 6.07 Å². The van der Waals surface area contributed by atoms with E-state index >= 15 is 0 Å². The van der Waals surface area contributed by atoms with Crippen molar-refractivity contribution in [2.75, 3.05) is 0 Å². The van der Waals surface area contributed by atoms with E-state index < -0.39 is 40.8 Å². The number of ether oxygens (including phenoxy) is 1. The molecule has 0 bridgehead atoms. The summed E-state index contributed by atoms with van der Waals surface area (Å²) in [6, 6.07) is 4.71. The number of aromatic nitrogens is 2. The summed E-state index contributed by atoms with van der Waals surface area (Å²) in [6.45, 7) is 0. The van der Waals surface area contributed by atoms with Crippen LogP contribution in [-0.4, -0.2) is 21.3 Å². The highest BCUT2D eigenvalue weighted by Gasteiger charge is 2.33. The van der Waals surface area contributed by atoms with Crippen molar-refractivity contribution in [3.05, 3.63) is 47.4 Å². The number of benzene rings is 1. The van der Waals surface area contributed by atoms with E-state index in [0.717, 1.165) is 18.2 Å². The zero-order valence-electron chi connectivity index (χ0n) is 10.1. The number of halogens is 4. The van der Waals surface area contributed by atoms with E-state index in [1.807, 2.05) is 0 Å². The Morgan fingerprint density at radius 1 is 1.14 bits per heavy atom. The quantitative estimate of drug-likeness (QED) is 0.882. The third-order valence-corrected chi connectivity index (χ3v) is 2.33. The van der Waals surface area contributed by atoms with Crippen molar-refractivity contribution < 1.29 is 32.2 Å². The topological polar surface area (TPSA) is 72.3 Å². The molecule has 5 nitrogen and oxygen atoms in total. The highest BCUT2D eigenvalue weighted by Crippen LogP contribution is 2.29. The molecule has 0 saturated carbocycles. The fourth-order valence-electron chi connectivity index (χ4n) is 1.44. The fourth-order valence-corrected chi connectivity index (χ4v) is 1.44. The van der Waals surface area contributed by atoms with E-state index in [2.05, 4.69) is 10.2 Å². The Balaban J connectivity index is 2.31. The Morgan fingerprint density at radius 2 is 1.86 bits per heavy atom. The summed E-state index contributed by atoms with van der Waals surface area (Å²) in [4.78, 5) is 10.9. The van der Waals surface area contributed by atoms with Gasteiger partial charge in [0.2, 0.25) is 5.88 Å². The maximum Gasteiger partial charge on any atom is 0.435 e. The van der Waals surface area contributed by atoms with Crippen LogP contribution in [0, 0.1) is 5.82 Å². The molecule has 2 rings (SSSR count).